The molecule has 168 valence electrons. The Morgan fingerprint density at radius 2 is 2.03 bits per heavy atom. The van der Waals surface area contributed by atoms with Gasteiger partial charge in [0, 0.05) is 37.1 Å². The van der Waals surface area contributed by atoms with Crippen molar-refractivity contribution in [2.24, 2.45) is 0 Å². The minimum atomic E-state index is -2.89. The predicted molar refractivity (Wildman–Crippen MR) is 108 cm³/mol. The van der Waals surface area contributed by atoms with E-state index in [9.17, 15) is 27.2 Å². The van der Waals surface area contributed by atoms with Gasteiger partial charge < -0.3 is 9.88 Å². The average Bonchev–Trinajstić information content (AvgIpc) is 3.31. The van der Waals surface area contributed by atoms with Crippen molar-refractivity contribution < 1.29 is 22.4 Å². The van der Waals surface area contributed by atoms with E-state index < -0.39 is 48.2 Å². The molecular formula is C22H20F4N4O2. The Labute approximate surface area is 179 Å². The highest BCUT2D eigenvalue weighted by molar-refractivity contribution is 6.05. The van der Waals surface area contributed by atoms with E-state index in [-0.39, 0.29) is 34.9 Å². The number of nitrogens with one attached hydrogen (secondary N) is 2. The van der Waals surface area contributed by atoms with Crippen LogP contribution in [0.3, 0.4) is 0 Å². The van der Waals surface area contributed by atoms with Gasteiger partial charge in [0.05, 0.1) is 28.7 Å². The lowest BCUT2D eigenvalue weighted by molar-refractivity contribution is -0.104. The van der Waals surface area contributed by atoms with Gasteiger partial charge in [-0.15, -0.1) is 0 Å². The van der Waals surface area contributed by atoms with Crippen LogP contribution in [0.25, 0.3) is 10.9 Å². The molecule has 0 radical (unpaired) electrons. The number of halogens is 4. The van der Waals surface area contributed by atoms with E-state index >= 15 is 0 Å². The molecule has 1 atom stereocenters. The molecule has 10 heteroatoms. The highest BCUT2D eigenvalue weighted by Gasteiger charge is 2.47. The van der Waals surface area contributed by atoms with Gasteiger partial charge in [-0.1, -0.05) is 18.2 Å². The number of carbonyl (C=O) groups is 1. The third-order valence-electron chi connectivity index (χ3n) is 6.46. The summed E-state index contributed by atoms with van der Waals surface area (Å²) in [6.45, 7) is 1.69. The van der Waals surface area contributed by atoms with Gasteiger partial charge in [0.2, 0.25) is 0 Å². The molecule has 1 aromatic carbocycles. The Hall–Kier alpha value is -3.17. The monoisotopic (exact) mass is 448 g/mol. The van der Waals surface area contributed by atoms with Crippen LogP contribution in [0.15, 0.2) is 35.4 Å². The summed E-state index contributed by atoms with van der Waals surface area (Å²) in [6.07, 6.45) is 1.53. The quantitative estimate of drug-likeness (QED) is 0.587. The molecule has 0 saturated heterocycles. The van der Waals surface area contributed by atoms with Crippen LogP contribution in [0.2, 0.25) is 0 Å². The smallest absolute Gasteiger partial charge is 0.273 e. The number of rotatable bonds is 4. The third kappa shape index (κ3) is 3.20. The van der Waals surface area contributed by atoms with Crippen molar-refractivity contribution in [2.45, 2.75) is 56.5 Å². The van der Waals surface area contributed by atoms with Gasteiger partial charge >= 0.3 is 0 Å². The molecule has 2 aromatic heterocycles. The molecule has 0 aliphatic heterocycles. The van der Waals surface area contributed by atoms with Crippen molar-refractivity contribution >= 4 is 16.8 Å². The highest BCUT2D eigenvalue weighted by atomic mass is 19.3. The molecule has 2 N–H and O–H groups in total. The number of benzene rings is 1. The zero-order valence-electron chi connectivity index (χ0n) is 17.1. The molecular weight excluding hydrogens is 428 g/mol. The molecule has 3 aromatic rings. The summed E-state index contributed by atoms with van der Waals surface area (Å²) >= 11 is 0. The number of nitrogens with zero attached hydrogens (tertiary/aromatic N) is 2. The van der Waals surface area contributed by atoms with Gasteiger partial charge in [0.25, 0.3) is 23.3 Å². The van der Waals surface area contributed by atoms with Crippen molar-refractivity contribution in [3.05, 3.63) is 63.2 Å². The molecule has 6 nitrogen and oxygen atoms in total. The van der Waals surface area contributed by atoms with Crippen LogP contribution >= 0.6 is 0 Å². The topological polar surface area (TPSA) is 79.8 Å². The van der Waals surface area contributed by atoms with E-state index in [0.29, 0.717) is 11.1 Å². The minimum Gasteiger partial charge on any atom is -0.345 e. The maximum absolute atomic E-state index is 14.1. The Bertz CT molecular complexity index is 1290. The first-order chi connectivity index (χ1) is 15.1. The van der Waals surface area contributed by atoms with E-state index in [1.165, 1.54) is 18.5 Å². The number of aromatic nitrogens is 3. The van der Waals surface area contributed by atoms with Crippen LogP contribution < -0.4 is 10.9 Å². The summed E-state index contributed by atoms with van der Waals surface area (Å²) in [7, 11) is 0. The SMILES string of the molecule is CC(NC(=O)c1cn(C2CC(F)(F)C2)c(=O)c2cn[nH]c12)c1cccc2c1CCC2(F)F. The maximum Gasteiger partial charge on any atom is 0.273 e. The Morgan fingerprint density at radius 1 is 1.28 bits per heavy atom. The van der Waals surface area contributed by atoms with Crippen molar-refractivity contribution in [2.75, 3.05) is 0 Å². The number of alkyl halides is 4. The van der Waals surface area contributed by atoms with Gasteiger partial charge in [0.1, 0.15) is 0 Å². The van der Waals surface area contributed by atoms with Crippen LogP contribution in [0, 0.1) is 0 Å². The number of aromatic amines is 1. The second-order valence-corrected chi connectivity index (χ2v) is 8.60. The molecule has 1 unspecified atom stereocenters. The van der Waals surface area contributed by atoms with Gasteiger partial charge in [-0.05, 0) is 24.5 Å². The fraction of sp³-hybridized carbons (Fsp3) is 0.409. The van der Waals surface area contributed by atoms with Crippen LogP contribution in [-0.2, 0) is 12.3 Å². The second kappa shape index (κ2) is 6.91. The first-order valence-electron chi connectivity index (χ1n) is 10.3. The number of pyridine rings is 1. The molecule has 0 bridgehead atoms. The number of carbonyl (C=O) groups excluding carboxylic acids is 1. The zero-order chi connectivity index (χ0) is 22.8. The number of fused-ring (bicyclic) bond motifs is 2. The predicted octanol–water partition coefficient (Wildman–Crippen LogP) is 4.22. The summed E-state index contributed by atoms with van der Waals surface area (Å²) in [5, 5.41) is 9.37. The normalized spacial score (nSPS) is 20.0. The first kappa shape index (κ1) is 20.7. The average molecular weight is 448 g/mol. The van der Waals surface area contributed by atoms with Crippen LogP contribution in [0.5, 0.6) is 0 Å². The zero-order valence-corrected chi connectivity index (χ0v) is 17.1. The number of amides is 1. The third-order valence-corrected chi connectivity index (χ3v) is 6.46. The fourth-order valence-electron chi connectivity index (χ4n) is 4.73. The molecule has 0 spiro atoms. The molecule has 5 rings (SSSR count). The van der Waals surface area contributed by atoms with Gasteiger partial charge in [0.15, 0.2) is 0 Å². The Kier molecular flexibility index (Phi) is 4.48. The van der Waals surface area contributed by atoms with Crippen molar-refractivity contribution in [3.8, 4) is 0 Å². The standard InChI is InChI=1S/C22H20F4N4O2/c1-11(13-3-2-4-17-14(13)5-6-22(17,25)26)28-19(31)16-10-30(12-7-21(23,24)8-12)20(32)15-9-27-29-18(15)16/h2-4,9-12H,5-8H2,1H3,(H,27,29)(H,28,31). The lowest BCUT2D eigenvalue weighted by Crippen LogP contribution is -2.41. The van der Waals surface area contributed by atoms with E-state index in [1.807, 2.05) is 0 Å². The van der Waals surface area contributed by atoms with Crippen LogP contribution in [-0.4, -0.2) is 26.6 Å². The minimum absolute atomic E-state index is 0.0217. The van der Waals surface area contributed by atoms with Crippen molar-refractivity contribution in [1.82, 2.24) is 20.1 Å². The molecule has 1 saturated carbocycles. The molecule has 32 heavy (non-hydrogen) atoms. The number of H-pyrrole nitrogens is 1. The molecule has 2 heterocycles. The molecule has 2 aliphatic rings. The van der Waals surface area contributed by atoms with Crippen LogP contribution in [0.1, 0.15) is 65.3 Å². The van der Waals surface area contributed by atoms with E-state index in [0.717, 1.165) is 4.57 Å². The number of hydrogen-bond donors (Lipinski definition) is 2. The fourth-order valence-corrected chi connectivity index (χ4v) is 4.73. The van der Waals surface area contributed by atoms with Gasteiger partial charge in [-0.3, -0.25) is 14.7 Å². The maximum atomic E-state index is 14.1. The van der Waals surface area contributed by atoms with E-state index in [4.69, 9.17) is 0 Å². The summed E-state index contributed by atoms with van der Waals surface area (Å²) < 4.78 is 56.1. The highest BCUT2D eigenvalue weighted by Crippen LogP contribution is 2.45. The lowest BCUT2D eigenvalue weighted by atomic mass is 9.87. The Morgan fingerprint density at radius 3 is 2.75 bits per heavy atom. The summed E-state index contributed by atoms with van der Waals surface area (Å²) in [4.78, 5) is 25.8. The summed E-state index contributed by atoms with van der Waals surface area (Å²) in [5.74, 6) is -6.28. The first-order valence-corrected chi connectivity index (χ1v) is 10.3. The lowest BCUT2D eigenvalue weighted by Gasteiger charge is -2.36. The molecule has 1 amide bonds. The summed E-state index contributed by atoms with van der Waals surface area (Å²) in [6, 6.07) is 3.35. The van der Waals surface area contributed by atoms with E-state index in [2.05, 4.69) is 15.5 Å². The summed E-state index contributed by atoms with van der Waals surface area (Å²) in [5.41, 5.74) is 0.886. The number of hydrogen-bond acceptors (Lipinski definition) is 3. The van der Waals surface area contributed by atoms with Gasteiger partial charge in [-0.2, -0.15) is 5.10 Å². The second-order valence-electron chi connectivity index (χ2n) is 8.60. The van der Waals surface area contributed by atoms with Crippen molar-refractivity contribution in [1.29, 1.82) is 0 Å². The molecule has 2 aliphatic carbocycles. The Balaban J connectivity index is 1.48. The van der Waals surface area contributed by atoms with Crippen LogP contribution in [0.4, 0.5) is 17.6 Å². The largest absolute Gasteiger partial charge is 0.345 e. The molecule has 1 fully saturated rings. The van der Waals surface area contributed by atoms with Crippen molar-refractivity contribution in [3.63, 3.8) is 0 Å². The van der Waals surface area contributed by atoms with Gasteiger partial charge in [-0.25, -0.2) is 17.6 Å². The van der Waals surface area contributed by atoms with E-state index in [1.54, 1.807) is 19.1 Å².